The van der Waals surface area contributed by atoms with Crippen molar-refractivity contribution in [1.82, 2.24) is 19.3 Å². The number of rotatable bonds is 5. The molecule has 1 saturated carbocycles. The van der Waals surface area contributed by atoms with Crippen LogP contribution in [0.25, 0.3) is 0 Å². The van der Waals surface area contributed by atoms with E-state index in [1.54, 1.807) is 0 Å². The van der Waals surface area contributed by atoms with Gasteiger partial charge in [-0.25, -0.2) is 0 Å². The standard InChI is InChI=1S/C18H21F3N6OS/c1-10-11(2)27(12-6-4-5-7-12)15(13(10)8-22)23-14(28)9-29-17-25-24-16(26(17)3)18(19,20)21/h12H,4-7,9H2,1-3H3,(H,23,28). The quantitative estimate of drug-likeness (QED) is 0.731. The average Bonchev–Trinajstić information content (AvgIpc) is 3.34. The normalized spacial score (nSPS) is 14.9. The fraction of sp³-hybridized carbons (Fsp3) is 0.556. The maximum absolute atomic E-state index is 12.8. The Labute approximate surface area is 170 Å². The molecule has 0 bridgehead atoms. The van der Waals surface area contributed by atoms with Gasteiger partial charge in [0.2, 0.25) is 11.7 Å². The van der Waals surface area contributed by atoms with Gasteiger partial charge in [-0.3, -0.25) is 4.79 Å². The maximum Gasteiger partial charge on any atom is 0.451 e. The van der Waals surface area contributed by atoms with Crippen molar-refractivity contribution < 1.29 is 18.0 Å². The molecular weight excluding hydrogens is 405 g/mol. The van der Waals surface area contributed by atoms with E-state index in [1.807, 2.05) is 18.4 Å². The fourth-order valence-electron chi connectivity index (χ4n) is 3.69. The van der Waals surface area contributed by atoms with Gasteiger partial charge in [0.05, 0.1) is 11.3 Å². The zero-order valence-electron chi connectivity index (χ0n) is 16.3. The topological polar surface area (TPSA) is 88.5 Å². The lowest BCUT2D eigenvalue weighted by Gasteiger charge is -2.19. The summed E-state index contributed by atoms with van der Waals surface area (Å²) < 4.78 is 41.3. The summed E-state index contributed by atoms with van der Waals surface area (Å²) in [7, 11) is 1.20. The number of hydrogen-bond donors (Lipinski definition) is 1. The predicted octanol–water partition coefficient (Wildman–Crippen LogP) is 3.97. The summed E-state index contributed by atoms with van der Waals surface area (Å²) >= 11 is 0.859. The maximum atomic E-state index is 12.8. The van der Waals surface area contributed by atoms with Crippen LogP contribution >= 0.6 is 11.8 Å². The predicted molar refractivity (Wildman–Crippen MR) is 101 cm³/mol. The Morgan fingerprint density at radius 1 is 1.31 bits per heavy atom. The molecule has 29 heavy (non-hydrogen) atoms. The van der Waals surface area contributed by atoms with Gasteiger partial charge in [-0.2, -0.15) is 18.4 Å². The van der Waals surface area contributed by atoms with Crippen LogP contribution in [-0.4, -0.2) is 31.0 Å². The highest BCUT2D eigenvalue weighted by Gasteiger charge is 2.37. The van der Waals surface area contributed by atoms with Crippen LogP contribution in [-0.2, 0) is 18.0 Å². The smallest absolute Gasteiger partial charge is 0.327 e. The number of nitrogens with zero attached hydrogens (tertiary/aromatic N) is 5. The molecule has 0 unspecified atom stereocenters. The Bertz CT molecular complexity index is 966. The van der Waals surface area contributed by atoms with Gasteiger partial charge in [0.1, 0.15) is 11.9 Å². The number of amides is 1. The van der Waals surface area contributed by atoms with Crippen molar-refractivity contribution in [2.24, 2.45) is 7.05 Å². The SMILES string of the molecule is Cc1c(C#N)c(NC(=O)CSc2nnc(C(F)(F)F)n2C)n(C2CCCC2)c1C. The van der Waals surface area contributed by atoms with Crippen LogP contribution in [0, 0.1) is 25.2 Å². The van der Waals surface area contributed by atoms with Crippen LogP contribution in [0.4, 0.5) is 19.0 Å². The minimum absolute atomic E-state index is 0.00785. The van der Waals surface area contributed by atoms with Crippen LogP contribution in [0.1, 0.15) is 54.4 Å². The van der Waals surface area contributed by atoms with E-state index in [0.29, 0.717) is 11.4 Å². The molecule has 1 aliphatic carbocycles. The molecule has 2 aromatic rings. The summed E-state index contributed by atoms with van der Waals surface area (Å²) in [4.78, 5) is 12.5. The number of carbonyl (C=O) groups is 1. The van der Waals surface area contributed by atoms with Crippen molar-refractivity contribution in [3.05, 3.63) is 22.6 Å². The van der Waals surface area contributed by atoms with Gasteiger partial charge >= 0.3 is 6.18 Å². The van der Waals surface area contributed by atoms with E-state index in [4.69, 9.17) is 0 Å². The van der Waals surface area contributed by atoms with Gasteiger partial charge in [0.25, 0.3) is 0 Å². The molecule has 7 nitrogen and oxygen atoms in total. The molecule has 1 amide bonds. The molecule has 0 aliphatic heterocycles. The van der Waals surface area contributed by atoms with E-state index in [2.05, 4.69) is 21.6 Å². The third-order valence-corrected chi connectivity index (χ3v) is 6.26. The Balaban J connectivity index is 1.77. The van der Waals surface area contributed by atoms with E-state index in [-0.39, 0.29) is 17.0 Å². The summed E-state index contributed by atoms with van der Waals surface area (Å²) in [5.74, 6) is -1.22. The van der Waals surface area contributed by atoms with Crippen LogP contribution in [0.3, 0.4) is 0 Å². The number of carbonyl (C=O) groups excluding carboxylic acids is 1. The molecule has 0 saturated heterocycles. The van der Waals surface area contributed by atoms with Crippen LogP contribution < -0.4 is 5.32 Å². The number of nitrogens with one attached hydrogen (secondary N) is 1. The largest absolute Gasteiger partial charge is 0.451 e. The van der Waals surface area contributed by atoms with Crippen molar-refractivity contribution in [1.29, 1.82) is 5.26 Å². The first-order valence-corrected chi connectivity index (χ1v) is 10.1. The Kier molecular flexibility index (Phi) is 5.93. The molecule has 0 spiro atoms. The summed E-state index contributed by atoms with van der Waals surface area (Å²) in [5, 5.41) is 19.0. The van der Waals surface area contributed by atoms with Crippen molar-refractivity contribution in [3.8, 4) is 6.07 Å². The van der Waals surface area contributed by atoms with Crippen LogP contribution in [0.2, 0.25) is 0 Å². The molecule has 1 aliphatic rings. The first-order chi connectivity index (χ1) is 13.6. The highest BCUT2D eigenvalue weighted by Crippen LogP contribution is 2.38. The van der Waals surface area contributed by atoms with E-state index in [9.17, 15) is 23.2 Å². The van der Waals surface area contributed by atoms with Crippen molar-refractivity contribution in [3.63, 3.8) is 0 Å². The average molecular weight is 426 g/mol. The lowest BCUT2D eigenvalue weighted by atomic mass is 10.2. The number of hydrogen-bond acceptors (Lipinski definition) is 5. The number of thioether (sulfide) groups is 1. The fourth-order valence-corrected chi connectivity index (χ4v) is 4.40. The van der Waals surface area contributed by atoms with Crippen LogP contribution in [0.15, 0.2) is 5.16 Å². The zero-order valence-corrected chi connectivity index (χ0v) is 17.1. The Hall–Kier alpha value is -2.48. The van der Waals surface area contributed by atoms with E-state index < -0.39 is 17.9 Å². The molecule has 2 aromatic heterocycles. The minimum atomic E-state index is -4.61. The van der Waals surface area contributed by atoms with Gasteiger partial charge in [-0.1, -0.05) is 24.6 Å². The Morgan fingerprint density at radius 2 is 1.97 bits per heavy atom. The lowest BCUT2D eigenvalue weighted by molar-refractivity contribution is -0.147. The highest BCUT2D eigenvalue weighted by atomic mass is 32.2. The lowest BCUT2D eigenvalue weighted by Crippen LogP contribution is -2.20. The molecule has 11 heteroatoms. The molecule has 1 N–H and O–H groups in total. The summed E-state index contributed by atoms with van der Waals surface area (Å²) in [6.45, 7) is 3.78. The van der Waals surface area contributed by atoms with Gasteiger partial charge in [-0.05, 0) is 32.3 Å². The van der Waals surface area contributed by atoms with Crippen molar-refractivity contribution >= 4 is 23.5 Å². The van der Waals surface area contributed by atoms with Crippen molar-refractivity contribution in [2.75, 3.05) is 11.1 Å². The molecule has 156 valence electrons. The molecule has 0 aromatic carbocycles. The van der Waals surface area contributed by atoms with Gasteiger partial charge in [0, 0.05) is 18.8 Å². The molecule has 2 heterocycles. The molecule has 3 rings (SSSR count). The number of alkyl halides is 3. The zero-order chi connectivity index (χ0) is 21.3. The Morgan fingerprint density at radius 3 is 2.52 bits per heavy atom. The van der Waals surface area contributed by atoms with E-state index in [1.165, 1.54) is 7.05 Å². The number of nitriles is 1. The first kappa shape index (κ1) is 21.2. The van der Waals surface area contributed by atoms with Gasteiger partial charge in [0.15, 0.2) is 5.16 Å². The highest BCUT2D eigenvalue weighted by molar-refractivity contribution is 7.99. The minimum Gasteiger partial charge on any atom is -0.327 e. The van der Waals surface area contributed by atoms with Gasteiger partial charge in [-0.15, -0.1) is 10.2 Å². The number of halogens is 3. The van der Waals surface area contributed by atoms with Crippen LogP contribution in [0.5, 0.6) is 0 Å². The third kappa shape index (κ3) is 4.12. The number of anilines is 1. The number of aromatic nitrogens is 4. The first-order valence-electron chi connectivity index (χ1n) is 9.15. The summed E-state index contributed by atoms with van der Waals surface area (Å²) in [5.41, 5.74) is 2.19. The molecule has 0 radical (unpaired) electrons. The van der Waals surface area contributed by atoms with E-state index >= 15 is 0 Å². The molecular formula is C18H21F3N6OS. The van der Waals surface area contributed by atoms with Gasteiger partial charge < -0.3 is 14.5 Å². The molecule has 0 atom stereocenters. The van der Waals surface area contributed by atoms with Crippen molar-refractivity contribution in [2.45, 2.75) is 56.9 Å². The molecule has 1 fully saturated rings. The monoisotopic (exact) mass is 426 g/mol. The second-order valence-electron chi connectivity index (χ2n) is 7.05. The summed E-state index contributed by atoms with van der Waals surface area (Å²) in [6.07, 6.45) is -0.449. The van der Waals surface area contributed by atoms with E-state index in [0.717, 1.165) is 53.3 Å². The summed E-state index contributed by atoms with van der Waals surface area (Å²) in [6, 6.07) is 2.39. The third-order valence-electron chi connectivity index (χ3n) is 5.24. The second-order valence-corrected chi connectivity index (χ2v) is 8.00. The second kappa shape index (κ2) is 8.10.